The zero-order valence-corrected chi connectivity index (χ0v) is 9.11. The van der Waals surface area contributed by atoms with Gasteiger partial charge in [-0.1, -0.05) is 18.2 Å². The van der Waals surface area contributed by atoms with Crippen molar-refractivity contribution in [2.24, 2.45) is 5.73 Å². The summed E-state index contributed by atoms with van der Waals surface area (Å²) in [4.78, 5) is 10.6. The van der Waals surface area contributed by atoms with Crippen molar-refractivity contribution < 1.29 is 9.53 Å². The number of fused-ring (bicyclic) bond motifs is 1. The number of carbonyl (C=O) groups excluding carboxylic acids is 1. The molecule has 1 atom stereocenters. The van der Waals surface area contributed by atoms with E-state index in [4.69, 9.17) is 10.5 Å². The molecule has 0 radical (unpaired) electrons. The van der Waals surface area contributed by atoms with Gasteiger partial charge in [0.25, 0.3) is 0 Å². The zero-order chi connectivity index (χ0) is 11.4. The molecule has 1 unspecified atom stereocenters. The molecule has 0 fully saturated rings. The van der Waals surface area contributed by atoms with Crippen LogP contribution in [0.25, 0.3) is 0 Å². The average molecular weight is 220 g/mol. The topological polar surface area (TPSA) is 64.4 Å². The summed E-state index contributed by atoms with van der Waals surface area (Å²) in [5, 5.41) is 3.31. The van der Waals surface area contributed by atoms with Crippen LogP contribution in [0.4, 0.5) is 5.69 Å². The van der Waals surface area contributed by atoms with Crippen LogP contribution in [0.2, 0.25) is 0 Å². The Morgan fingerprint density at radius 1 is 1.50 bits per heavy atom. The molecule has 1 aromatic carbocycles. The lowest BCUT2D eigenvalue weighted by Crippen LogP contribution is -2.31. The second kappa shape index (κ2) is 4.99. The van der Waals surface area contributed by atoms with E-state index in [-0.39, 0.29) is 18.4 Å². The van der Waals surface area contributed by atoms with Crippen molar-refractivity contribution >= 4 is 11.6 Å². The summed E-state index contributed by atoms with van der Waals surface area (Å²) < 4.78 is 5.59. The molecule has 1 aliphatic rings. The van der Waals surface area contributed by atoms with Gasteiger partial charge in [-0.25, -0.2) is 0 Å². The minimum atomic E-state index is -0.316. The first-order valence-corrected chi connectivity index (χ1v) is 5.47. The number of para-hydroxylation sites is 1. The van der Waals surface area contributed by atoms with Gasteiger partial charge in [0, 0.05) is 25.1 Å². The maximum atomic E-state index is 10.6. The lowest BCUT2D eigenvalue weighted by atomic mass is 10.0. The Balaban J connectivity index is 1.86. The number of nitrogens with one attached hydrogen (secondary N) is 1. The molecule has 0 spiro atoms. The quantitative estimate of drug-likeness (QED) is 0.793. The van der Waals surface area contributed by atoms with Crippen molar-refractivity contribution in [3.8, 4) is 0 Å². The third kappa shape index (κ3) is 2.73. The van der Waals surface area contributed by atoms with Crippen LogP contribution in [0.3, 0.4) is 0 Å². The molecular formula is C12H16N2O2. The smallest absolute Gasteiger partial charge is 0.219 e. The lowest BCUT2D eigenvalue weighted by molar-refractivity contribution is -0.119. The molecule has 0 bridgehead atoms. The minimum absolute atomic E-state index is 0.134. The van der Waals surface area contributed by atoms with Crippen molar-refractivity contribution in [3.63, 3.8) is 0 Å². The highest BCUT2D eigenvalue weighted by Gasteiger charge is 2.17. The summed E-state index contributed by atoms with van der Waals surface area (Å²) in [7, 11) is 0. The second-order valence-electron chi connectivity index (χ2n) is 3.95. The zero-order valence-electron chi connectivity index (χ0n) is 9.11. The van der Waals surface area contributed by atoms with E-state index in [1.165, 1.54) is 11.3 Å². The van der Waals surface area contributed by atoms with E-state index in [9.17, 15) is 4.79 Å². The number of benzene rings is 1. The molecule has 0 saturated carbocycles. The number of rotatable bonds is 4. The second-order valence-corrected chi connectivity index (χ2v) is 3.95. The molecule has 2 rings (SSSR count). The van der Waals surface area contributed by atoms with Crippen LogP contribution < -0.4 is 11.1 Å². The van der Waals surface area contributed by atoms with Crippen molar-refractivity contribution in [1.82, 2.24) is 0 Å². The summed E-state index contributed by atoms with van der Waals surface area (Å²) in [5.41, 5.74) is 7.49. The third-order valence-electron chi connectivity index (χ3n) is 2.69. The predicted molar refractivity (Wildman–Crippen MR) is 62.2 cm³/mol. The Morgan fingerprint density at radius 2 is 2.31 bits per heavy atom. The number of carbonyl (C=O) groups is 1. The van der Waals surface area contributed by atoms with Crippen LogP contribution >= 0.6 is 0 Å². The number of hydrogen-bond acceptors (Lipinski definition) is 3. The van der Waals surface area contributed by atoms with Crippen LogP contribution in [0.5, 0.6) is 0 Å². The summed E-state index contributed by atoms with van der Waals surface area (Å²) >= 11 is 0. The maximum Gasteiger partial charge on any atom is 0.219 e. The summed E-state index contributed by atoms with van der Waals surface area (Å²) in [5.74, 6) is -0.316. The van der Waals surface area contributed by atoms with Crippen LogP contribution in [0.15, 0.2) is 24.3 Å². The van der Waals surface area contributed by atoms with Gasteiger partial charge in [0.1, 0.15) is 0 Å². The van der Waals surface area contributed by atoms with Gasteiger partial charge in [-0.05, 0) is 11.6 Å². The van der Waals surface area contributed by atoms with E-state index in [1.54, 1.807) is 0 Å². The molecule has 1 heterocycles. The maximum absolute atomic E-state index is 10.6. The number of ether oxygens (including phenoxy) is 1. The van der Waals surface area contributed by atoms with E-state index in [1.807, 2.05) is 12.1 Å². The Labute approximate surface area is 94.8 Å². The van der Waals surface area contributed by atoms with Crippen molar-refractivity contribution in [2.75, 3.05) is 18.5 Å². The molecular weight excluding hydrogens is 204 g/mol. The van der Waals surface area contributed by atoms with Crippen LogP contribution in [-0.2, 0) is 16.0 Å². The lowest BCUT2D eigenvalue weighted by Gasteiger charge is -2.26. The Bertz CT molecular complexity index is 379. The number of nitrogens with two attached hydrogens (primary N) is 1. The number of primary amides is 1. The summed E-state index contributed by atoms with van der Waals surface area (Å²) in [6, 6.07) is 8.19. The highest BCUT2D eigenvalue weighted by Crippen LogP contribution is 2.22. The molecule has 86 valence electrons. The van der Waals surface area contributed by atoms with Gasteiger partial charge in [0.05, 0.1) is 12.7 Å². The van der Waals surface area contributed by atoms with Gasteiger partial charge < -0.3 is 15.8 Å². The standard InChI is InChI=1S/C12H16N2O2/c13-12(15)5-6-16-10-7-9-3-1-2-4-11(9)14-8-10/h1-4,10,14H,5-8H2,(H2,13,15). The van der Waals surface area contributed by atoms with Gasteiger partial charge in [-0.2, -0.15) is 0 Å². The average Bonchev–Trinajstić information content (AvgIpc) is 2.28. The van der Waals surface area contributed by atoms with Gasteiger partial charge in [-0.3, -0.25) is 4.79 Å². The fourth-order valence-electron chi connectivity index (χ4n) is 1.86. The Morgan fingerprint density at radius 3 is 3.12 bits per heavy atom. The Hall–Kier alpha value is -1.55. The first-order valence-electron chi connectivity index (χ1n) is 5.47. The molecule has 4 nitrogen and oxygen atoms in total. The SMILES string of the molecule is NC(=O)CCOC1CNc2ccccc2C1. The van der Waals surface area contributed by atoms with Crippen LogP contribution in [-0.4, -0.2) is 25.2 Å². The van der Waals surface area contributed by atoms with Crippen molar-refractivity contribution in [2.45, 2.75) is 18.9 Å². The molecule has 1 aromatic rings. The Kier molecular flexibility index (Phi) is 3.41. The fourth-order valence-corrected chi connectivity index (χ4v) is 1.86. The molecule has 16 heavy (non-hydrogen) atoms. The van der Waals surface area contributed by atoms with Gasteiger partial charge in [0.2, 0.25) is 5.91 Å². The molecule has 1 amide bonds. The highest BCUT2D eigenvalue weighted by molar-refractivity contribution is 5.73. The number of hydrogen-bond donors (Lipinski definition) is 2. The van der Waals surface area contributed by atoms with Gasteiger partial charge in [0.15, 0.2) is 0 Å². The molecule has 1 aliphatic heterocycles. The largest absolute Gasteiger partial charge is 0.382 e. The highest BCUT2D eigenvalue weighted by atomic mass is 16.5. The third-order valence-corrected chi connectivity index (χ3v) is 2.69. The summed E-state index contributed by atoms with van der Waals surface area (Å²) in [6.07, 6.45) is 1.31. The van der Waals surface area contributed by atoms with E-state index < -0.39 is 0 Å². The molecule has 0 aromatic heterocycles. The molecule has 4 heteroatoms. The molecule has 0 saturated heterocycles. The minimum Gasteiger partial charge on any atom is -0.382 e. The van der Waals surface area contributed by atoms with Crippen LogP contribution in [0.1, 0.15) is 12.0 Å². The normalized spacial score (nSPS) is 18.6. The summed E-state index contributed by atoms with van der Waals surface area (Å²) in [6.45, 7) is 1.19. The first-order chi connectivity index (χ1) is 7.75. The van der Waals surface area contributed by atoms with E-state index in [0.717, 1.165) is 13.0 Å². The van der Waals surface area contributed by atoms with Crippen LogP contribution in [0, 0.1) is 0 Å². The fraction of sp³-hybridized carbons (Fsp3) is 0.417. The van der Waals surface area contributed by atoms with E-state index >= 15 is 0 Å². The van der Waals surface area contributed by atoms with Gasteiger partial charge in [-0.15, -0.1) is 0 Å². The predicted octanol–water partition coefficient (Wildman–Crippen LogP) is 0.915. The monoisotopic (exact) mass is 220 g/mol. The first kappa shape index (κ1) is 11.0. The number of amides is 1. The molecule has 3 N–H and O–H groups in total. The number of anilines is 1. The van der Waals surface area contributed by atoms with Gasteiger partial charge >= 0.3 is 0 Å². The van der Waals surface area contributed by atoms with Crippen molar-refractivity contribution in [1.29, 1.82) is 0 Å². The van der Waals surface area contributed by atoms with E-state index in [2.05, 4.69) is 17.4 Å². The van der Waals surface area contributed by atoms with E-state index in [0.29, 0.717) is 6.61 Å². The molecule has 0 aliphatic carbocycles. The van der Waals surface area contributed by atoms with Crippen molar-refractivity contribution in [3.05, 3.63) is 29.8 Å².